The molecule has 0 saturated carbocycles. The lowest BCUT2D eigenvalue weighted by molar-refractivity contribution is 0.225. The van der Waals surface area contributed by atoms with E-state index in [4.69, 9.17) is 11.6 Å². The Morgan fingerprint density at radius 3 is 2.56 bits per heavy atom. The molecule has 0 aliphatic heterocycles. The molecule has 0 amide bonds. The van der Waals surface area contributed by atoms with Crippen molar-refractivity contribution < 1.29 is 5.11 Å². The summed E-state index contributed by atoms with van der Waals surface area (Å²) in [5, 5.41) is 10.6. The molecule has 1 aromatic rings. The molecule has 1 atom stereocenters. The zero-order valence-electron chi connectivity index (χ0n) is 9.54. The molecule has 0 bridgehead atoms. The summed E-state index contributed by atoms with van der Waals surface area (Å²) in [6.07, 6.45) is 4.04. The van der Waals surface area contributed by atoms with Gasteiger partial charge in [0.15, 0.2) is 0 Å². The molecular weight excluding hydrogens is 220 g/mol. The normalized spacial score (nSPS) is 18.7. The first-order valence-electron chi connectivity index (χ1n) is 5.85. The minimum Gasteiger partial charge on any atom is -0.389 e. The largest absolute Gasteiger partial charge is 0.389 e. The molecule has 1 N–H and O–H groups in total. The van der Waals surface area contributed by atoms with Crippen LogP contribution in [-0.2, 0) is 0 Å². The summed E-state index contributed by atoms with van der Waals surface area (Å²) in [7, 11) is 0. The summed E-state index contributed by atoms with van der Waals surface area (Å²) in [6.45, 7) is 1.84. The van der Waals surface area contributed by atoms with E-state index in [9.17, 15) is 5.11 Å². The van der Waals surface area contributed by atoms with Crippen molar-refractivity contribution in [3.63, 3.8) is 0 Å². The van der Waals surface area contributed by atoms with Crippen LogP contribution in [0.4, 0.5) is 0 Å². The van der Waals surface area contributed by atoms with E-state index < -0.39 is 0 Å². The number of aliphatic hydroxyl groups excluding tert-OH is 1. The van der Waals surface area contributed by atoms with Gasteiger partial charge in [-0.15, -0.1) is 0 Å². The Bertz CT molecular complexity index is 407. The summed E-state index contributed by atoms with van der Waals surface area (Å²) in [5.41, 5.74) is 3.52. The third kappa shape index (κ3) is 2.31. The number of aliphatic hydroxyl groups is 1. The molecule has 0 aromatic heterocycles. The van der Waals surface area contributed by atoms with Crippen LogP contribution in [-0.4, -0.2) is 11.2 Å². The number of rotatable bonds is 2. The van der Waals surface area contributed by atoms with Gasteiger partial charge in [-0.1, -0.05) is 29.8 Å². The van der Waals surface area contributed by atoms with Crippen LogP contribution < -0.4 is 0 Å². The van der Waals surface area contributed by atoms with Gasteiger partial charge in [-0.05, 0) is 55.4 Å². The molecule has 2 heteroatoms. The van der Waals surface area contributed by atoms with Crippen molar-refractivity contribution in [2.45, 2.75) is 38.7 Å². The lowest BCUT2D eigenvalue weighted by Gasteiger charge is -2.23. The van der Waals surface area contributed by atoms with Crippen molar-refractivity contribution in [3.8, 4) is 0 Å². The van der Waals surface area contributed by atoms with Crippen LogP contribution in [0.5, 0.6) is 0 Å². The van der Waals surface area contributed by atoms with E-state index >= 15 is 0 Å². The van der Waals surface area contributed by atoms with Gasteiger partial charge in [0, 0.05) is 5.02 Å². The third-order valence-electron chi connectivity index (χ3n) is 3.21. The number of benzene rings is 1. The highest BCUT2D eigenvalue weighted by Gasteiger charge is 2.18. The molecule has 1 nitrogen and oxygen atoms in total. The maximum atomic E-state index is 9.80. The van der Waals surface area contributed by atoms with E-state index in [0.29, 0.717) is 0 Å². The van der Waals surface area contributed by atoms with E-state index in [2.05, 4.69) is 0 Å². The molecule has 2 rings (SSSR count). The maximum absolute atomic E-state index is 9.80. The van der Waals surface area contributed by atoms with Gasteiger partial charge in [0.1, 0.15) is 0 Å². The zero-order chi connectivity index (χ0) is 11.5. The molecule has 0 unspecified atom stereocenters. The van der Waals surface area contributed by atoms with Crippen LogP contribution in [0.25, 0.3) is 5.57 Å². The fraction of sp³-hybridized carbons (Fsp3) is 0.429. The van der Waals surface area contributed by atoms with Crippen molar-refractivity contribution in [1.29, 1.82) is 0 Å². The van der Waals surface area contributed by atoms with Crippen LogP contribution in [0.2, 0.25) is 5.02 Å². The zero-order valence-corrected chi connectivity index (χ0v) is 10.3. The third-order valence-corrected chi connectivity index (χ3v) is 3.54. The number of hydrogen-bond acceptors (Lipinski definition) is 1. The standard InChI is InChI=1S/C14H17ClO/c1-10(16)11-6-2-3-7-12(11)13-8-4-5-9-14(13)15/h4-5,8-10,16H,2-3,6-7H2,1H3/t10-/m1/s1. The van der Waals surface area contributed by atoms with Gasteiger partial charge in [0.2, 0.25) is 0 Å². The number of allylic oxidation sites excluding steroid dienone is 1. The van der Waals surface area contributed by atoms with Crippen molar-refractivity contribution in [1.82, 2.24) is 0 Å². The highest BCUT2D eigenvalue weighted by Crippen LogP contribution is 2.36. The Balaban J connectivity index is 2.48. The molecule has 1 aromatic carbocycles. The first-order chi connectivity index (χ1) is 7.70. The van der Waals surface area contributed by atoms with E-state index in [0.717, 1.165) is 23.4 Å². The maximum Gasteiger partial charge on any atom is 0.0727 e. The Kier molecular flexibility index (Phi) is 3.67. The highest BCUT2D eigenvalue weighted by atomic mass is 35.5. The van der Waals surface area contributed by atoms with Gasteiger partial charge in [0.25, 0.3) is 0 Å². The monoisotopic (exact) mass is 236 g/mol. The van der Waals surface area contributed by atoms with E-state index in [-0.39, 0.29) is 6.10 Å². The van der Waals surface area contributed by atoms with Crippen molar-refractivity contribution in [2.75, 3.05) is 0 Å². The Labute approximate surface area is 102 Å². The Morgan fingerprint density at radius 2 is 1.88 bits per heavy atom. The van der Waals surface area contributed by atoms with Crippen molar-refractivity contribution in [2.24, 2.45) is 0 Å². The SMILES string of the molecule is C[C@@H](O)C1=C(c2ccccc2Cl)CCCC1. The van der Waals surface area contributed by atoms with Gasteiger partial charge in [-0.2, -0.15) is 0 Å². The average molecular weight is 237 g/mol. The fourth-order valence-electron chi connectivity index (χ4n) is 2.40. The molecule has 0 saturated heterocycles. The molecule has 86 valence electrons. The quantitative estimate of drug-likeness (QED) is 0.822. The van der Waals surface area contributed by atoms with Crippen LogP contribution in [0.3, 0.4) is 0 Å². The topological polar surface area (TPSA) is 20.2 Å². The predicted molar refractivity (Wildman–Crippen MR) is 68.5 cm³/mol. The first kappa shape index (κ1) is 11.7. The predicted octanol–water partition coefficient (Wildman–Crippen LogP) is 4.05. The fourth-order valence-corrected chi connectivity index (χ4v) is 2.65. The summed E-state index contributed by atoms with van der Waals surface area (Å²) in [4.78, 5) is 0. The molecule has 0 fully saturated rings. The van der Waals surface area contributed by atoms with Crippen LogP contribution in [0.15, 0.2) is 29.8 Å². The Morgan fingerprint density at radius 1 is 1.19 bits per heavy atom. The van der Waals surface area contributed by atoms with Gasteiger partial charge in [0.05, 0.1) is 6.10 Å². The second-order valence-corrected chi connectivity index (χ2v) is 4.77. The smallest absolute Gasteiger partial charge is 0.0727 e. The van der Waals surface area contributed by atoms with E-state index in [1.807, 2.05) is 31.2 Å². The number of halogens is 1. The molecule has 1 aliphatic rings. The van der Waals surface area contributed by atoms with Gasteiger partial charge >= 0.3 is 0 Å². The van der Waals surface area contributed by atoms with Crippen molar-refractivity contribution >= 4 is 17.2 Å². The van der Waals surface area contributed by atoms with E-state index in [1.54, 1.807) is 0 Å². The van der Waals surface area contributed by atoms with Gasteiger partial charge < -0.3 is 5.11 Å². The second-order valence-electron chi connectivity index (χ2n) is 4.37. The average Bonchev–Trinajstić information content (AvgIpc) is 2.29. The summed E-state index contributed by atoms with van der Waals surface area (Å²) in [5.74, 6) is 0. The van der Waals surface area contributed by atoms with Crippen LogP contribution in [0, 0.1) is 0 Å². The van der Waals surface area contributed by atoms with Crippen LogP contribution >= 0.6 is 11.6 Å². The Hall–Kier alpha value is -0.790. The molecule has 16 heavy (non-hydrogen) atoms. The minimum atomic E-state index is -0.355. The lowest BCUT2D eigenvalue weighted by atomic mass is 9.85. The molecule has 0 spiro atoms. The minimum absolute atomic E-state index is 0.355. The second kappa shape index (κ2) is 5.03. The lowest BCUT2D eigenvalue weighted by Crippen LogP contribution is -2.11. The van der Waals surface area contributed by atoms with Gasteiger partial charge in [-0.3, -0.25) is 0 Å². The van der Waals surface area contributed by atoms with Crippen LogP contribution in [0.1, 0.15) is 38.2 Å². The van der Waals surface area contributed by atoms with Crippen molar-refractivity contribution in [3.05, 3.63) is 40.4 Å². The van der Waals surface area contributed by atoms with Gasteiger partial charge in [-0.25, -0.2) is 0 Å². The van der Waals surface area contributed by atoms with E-state index in [1.165, 1.54) is 24.0 Å². The molecular formula is C14H17ClO. The number of hydrogen-bond donors (Lipinski definition) is 1. The highest BCUT2D eigenvalue weighted by molar-refractivity contribution is 6.32. The molecule has 0 radical (unpaired) electrons. The summed E-state index contributed by atoms with van der Waals surface area (Å²) >= 11 is 6.21. The molecule has 0 heterocycles. The summed E-state index contributed by atoms with van der Waals surface area (Å²) in [6, 6.07) is 7.91. The first-order valence-corrected chi connectivity index (χ1v) is 6.23. The molecule has 1 aliphatic carbocycles. The summed E-state index contributed by atoms with van der Waals surface area (Å²) < 4.78 is 0.